The van der Waals surface area contributed by atoms with E-state index in [1.54, 1.807) is 0 Å². The van der Waals surface area contributed by atoms with Crippen LogP contribution in [0, 0.1) is 0 Å². The van der Waals surface area contributed by atoms with Gasteiger partial charge in [0.05, 0.1) is 0 Å². The molecule has 1 atom stereocenters. The van der Waals surface area contributed by atoms with Gasteiger partial charge in [0.15, 0.2) is 0 Å². The quantitative estimate of drug-likeness (QED) is 0.351. The van der Waals surface area contributed by atoms with Gasteiger partial charge in [-0.3, -0.25) is 10.2 Å². The van der Waals surface area contributed by atoms with Crippen LogP contribution in [0.5, 0.6) is 0 Å². The van der Waals surface area contributed by atoms with Crippen molar-refractivity contribution >= 4 is 5.91 Å². The van der Waals surface area contributed by atoms with Gasteiger partial charge >= 0.3 is 0 Å². The summed E-state index contributed by atoms with van der Waals surface area (Å²) in [6.45, 7) is 7.24. The molecule has 16 heavy (non-hydrogen) atoms. The number of nitrogens with zero attached hydrogens (tertiary/aromatic N) is 2. The number of carbonyl (C=O) groups is 1. The van der Waals surface area contributed by atoms with E-state index in [1.165, 1.54) is 0 Å². The minimum atomic E-state index is -0.0986. The van der Waals surface area contributed by atoms with Crippen molar-refractivity contribution < 1.29 is 4.79 Å². The number of rotatable bonds is 8. The van der Waals surface area contributed by atoms with Crippen molar-refractivity contribution in [3.05, 3.63) is 0 Å². The van der Waals surface area contributed by atoms with Crippen LogP contribution >= 0.6 is 0 Å². The van der Waals surface area contributed by atoms with E-state index in [0.29, 0.717) is 6.42 Å². The Morgan fingerprint density at radius 2 is 2.00 bits per heavy atom. The molecule has 0 aromatic rings. The Morgan fingerprint density at radius 3 is 2.44 bits per heavy atom. The maximum atomic E-state index is 11.2. The molecule has 5 nitrogen and oxygen atoms in total. The van der Waals surface area contributed by atoms with Gasteiger partial charge in [0, 0.05) is 12.5 Å². The molecular weight excluding hydrogens is 204 g/mol. The third-order valence-corrected chi connectivity index (χ3v) is 2.72. The Kier molecular flexibility index (Phi) is 8.15. The normalized spacial score (nSPS) is 13.2. The summed E-state index contributed by atoms with van der Waals surface area (Å²) in [5.74, 6) is 4.98. The summed E-state index contributed by atoms with van der Waals surface area (Å²) < 4.78 is 0. The van der Waals surface area contributed by atoms with Gasteiger partial charge < -0.3 is 9.80 Å². The second kappa shape index (κ2) is 8.50. The first-order valence-corrected chi connectivity index (χ1v) is 5.89. The second-order valence-corrected chi connectivity index (χ2v) is 4.41. The zero-order valence-corrected chi connectivity index (χ0v) is 11.0. The molecule has 0 aliphatic rings. The topological polar surface area (TPSA) is 61.6 Å². The van der Waals surface area contributed by atoms with Gasteiger partial charge in [0.2, 0.25) is 5.91 Å². The minimum Gasteiger partial charge on any atom is -0.309 e. The van der Waals surface area contributed by atoms with E-state index >= 15 is 0 Å². The number of hydrogen-bond donors (Lipinski definition) is 2. The molecule has 0 aliphatic carbocycles. The van der Waals surface area contributed by atoms with E-state index in [-0.39, 0.29) is 11.9 Å². The molecule has 96 valence electrons. The van der Waals surface area contributed by atoms with Crippen LogP contribution in [-0.4, -0.2) is 55.5 Å². The van der Waals surface area contributed by atoms with Crippen LogP contribution in [0.2, 0.25) is 0 Å². The van der Waals surface area contributed by atoms with E-state index in [2.05, 4.69) is 43.2 Å². The van der Waals surface area contributed by atoms with Gasteiger partial charge in [-0.05, 0) is 47.1 Å². The molecule has 1 unspecified atom stereocenters. The largest absolute Gasteiger partial charge is 0.309 e. The highest BCUT2D eigenvalue weighted by Gasteiger charge is 2.14. The van der Waals surface area contributed by atoms with Crippen molar-refractivity contribution in [1.29, 1.82) is 0 Å². The van der Waals surface area contributed by atoms with Crippen molar-refractivity contribution in [3.63, 3.8) is 0 Å². The molecule has 1 amide bonds. The fourth-order valence-electron chi connectivity index (χ4n) is 1.74. The highest BCUT2D eigenvalue weighted by Crippen LogP contribution is 2.04. The summed E-state index contributed by atoms with van der Waals surface area (Å²) in [6, 6.07) is 0.246. The van der Waals surface area contributed by atoms with Crippen LogP contribution in [0.1, 0.15) is 26.7 Å². The summed E-state index contributed by atoms with van der Waals surface area (Å²) in [4.78, 5) is 15.6. The van der Waals surface area contributed by atoms with E-state index in [1.807, 2.05) is 0 Å². The van der Waals surface area contributed by atoms with Gasteiger partial charge in [-0.15, -0.1) is 0 Å². The fraction of sp³-hybridized carbons (Fsp3) is 0.909. The lowest BCUT2D eigenvalue weighted by Gasteiger charge is -2.27. The first-order valence-electron chi connectivity index (χ1n) is 5.89. The van der Waals surface area contributed by atoms with Crippen LogP contribution in [-0.2, 0) is 4.79 Å². The molecule has 0 aromatic carbocycles. The molecule has 0 bridgehead atoms. The van der Waals surface area contributed by atoms with E-state index < -0.39 is 0 Å². The Labute approximate surface area is 98.9 Å². The van der Waals surface area contributed by atoms with Gasteiger partial charge in [0.25, 0.3) is 0 Å². The van der Waals surface area contributed by atoms with Crippen molar-refractivity contribution in [2.24, 2.45) is 5.84 Å². The third-order valence-electron chi connectivity index (χ3n) is 2.72. The fourth-order valence-corrected chi connectivity index (χ4v) is 1.74. The van der Waals surface area contributed by atoms with Gasteiger partial charge in [-0.1, -0.05) is 6.92 Å². The van der Waals surface area contributed by atoms with Crippen LogP contribution in [0.4, 0.5) is 0 Å². The van der Waals surface area contributed by atoms with Crippen molar-refractivity contribution in [2.75, 3.05) is 33.7 Å². The van der Waals surface area contributed by atoms with Crippen molar-refractivity contribution in [1.82, 2.24) is 15.2 Å². The lowest BCUT2D eigenvalue weighted by molar-refractivity contribution is -0.122. The summed E-state index contributed by atoms with van der Waals surface area (Å²) in [7, 11) is 4.14. The standard InChI is InChI=1S/C11H26N4O/c1-5-15(8-6-7-14(3)4)10(2)9-11(16)13-12/h10H,5-9,12H2,1-4H3,(H,13,16). The Balaban J connectivity index is 3.91. The molecule has 0 saturated heterocycles. The summed E-state index contributed by atoms with van der Waals surface area (Å²) in [5, 5.41) is 0. The van der Waals surface area contributed by atoms with Crippen LogP contribution in [0.25, 0.3) is 0 Å². The maximum Gasteiger partial charge on any atom is 0.235 e. The highest BCUT2D eigenvalue weighted by molar-refractivity contribution is 5.75. The average molecular weight is 230 g/mol. The van der Waals surface area contributed by atoms with Crippen LogP contribution in [0.3, 0.4) is 0 Å². The molecular formula is C11H26N4O. The SMILES string of the molecule is CCN(CCCN(C)C)C(C)CC(=O)NN. The van der Waals surface area contributed by atoms with Crippen LogP contribution in [0.15, 0.2) is 0 Å². The predicted molar refractivity (Wildman–Crippen MR) is 66.8 cm³/mol. The lowest BCUT2D eigenvalue weighted by atomic mass is 10.2. The molecule has 3 N–H and O–H groups in total. The summed E-state index contributed by atoms with van der Waals surface area (Å²) in [5.41, 5.74) is 2.18. The van der Waals surface area contributed by atoms with Crippen LogP contribution < -0.4 is 11.3 Å². The second-order valence-electron chi connectivity index (χ2n) is 4.41. The maximum absolute atomic E-state index is 11.2. The molecule has 5 heteroatoms. The average Bonchev–Trinajstić information content (AvgIpc) is 2.23. The highest BCUT2D eigenvalue weighted by atomic mass is 16.2. The Hall–Kier alpha value is -0.650. The number of hydrazine groups is 1. The van der Waals surface area contributed by atoms with E-state index in [9.17, 15) is 4.79 Å². The molecule has 0 spiro atoms. The number of amides is 1. The van der Waals surface area contributed by atoms with Gasteiger partial charge in [-0.2, -0.15) is 0 Å². The number of nitrogens with two attached hydrogens (primary N) is 1. The Morgan fingerprint density at radius 1 is 1.38 bits per heavy atom. The predicted octanol–water partition coefficient (Wildman–Crippen LogP) is 0.0285. The Bertz CT molecular complexity index is 196. The molecule has 0 saturated carbocycles. The zero-order chi connectivity index (χ0) is 12.6. The first kappa shape index (κ1) is 15.3. The minimum absolute atomic E-state index is 0.0986. The monoisotopic (exact) mass is 230 g/mol. The first-order chi connectivity index (χ1) is 7.51. The molecule has 0 aliphatic heterocycles. The number of nitrogens with one attached hydrogen (secondary N) is 1. The third kappa shape index (κ3) is 6.76. The number of hydrogen-bond acceptors (Lipinski definition) is 4. The summed E-state index contributed by atoms with van der Waals surface area (Å²) >= 11 is 0. The zero-order valence-electron chi connectivity index (χ0n) is 11.0. The molecule has 0 rings (SSSR count). The van der Waals surface area contributed by atoms with E-state index in [4.69, 9.17) is 5.84 Å². The smallest absolute Gasteiger partial charge is 0.235 e. The summed E-state index contributed by atoms with van der Waals surface area (Å²) in [6.07, 6.45) is 1.59. The molecule has 0 radical (unpaired) electrons. The van der Waals surface area contributed by atoms with E-state index in [0.717, 1.165) is 26.1 Å². The van der Waals surface area contributed by atoms with Gasteiger partial charge in [0.1, 0.15) is 0 Å². The van der Waals surface area contributed by atoms with Gasteiger partial charge in [-0.25, -0.2) is 5.84 Å². The van der Waals surface area contributed by atoms with Crippen molar-refractivity contribution in [3.8, 4) is 0 Å². The van der Waals surface area contributed by atoms with Crippen molar-refractivity contribution in [2.45, 2.75) is 32.7 Å². The molecule has 0 fully saturated rings. The number of carbonyl (C=O) groups excluding carboxylic acids is 1. The molecule has 0 heterocycles. The molecule has 0 aromatic heterocycles. The lowest BCUT2D eigenvalue weighted by Crippen LogP contribution is -2.40.